The highest BCUT2D eigenvalue weighted by molar-refractivity contribution is 7.89. The van der Waals surface area contributed by atoms with E-state index >= 15 is 0 Å². The average Bonchev–Trinajstić information content (AvgIpc) is 2.60. The molecule has 0 radical (unpaired) electrons. The van der Waals surface area contributed by atoms with Crippen molar-refractivity contribution in [1.82, 2.24) is 9.62 Å². The molecule has 1 saturated heterocycles. The third kappa shape index (κ3) is 4.12. The molecule has 0 bridgehead atoms. The van der Waals surface area contributed by atoms with Crippen molar-refractivity contribution in [3.63, 3.8) is 0 Å². The van der Waals surface area contributed by atoms with E-state index in [-0.39, 0.29) is 17.5 Å². The highest BCUT2D eigenvalue weighted by Crippen LogP contribution is 2.31. The third-order valence-electron chi connectivity index (χ3n) is 4.28. The van der Waals surface area contributed by atoms with Gasteiger partial charge in [-0.2, -0.15) is 0 Å². The lowest BCUT2D eigenvalue weighted by molar-refractivity contribution is -0.0156. The van der Waals surface area contributed by atoms with Gasteiger partial charge in [-0.1, -0.05) is 24.3 Å². The second-order valence-corrected chi connectivity index (χ2v) is 7.88. The van der Waals surface area contributed by atoms with Gasteiger partial charge < -0.3 is 14.4 Å². The summed E-state index contributed by atoms with van der Waals surface area (Å²) in [6, 6.07) is 10.7. The van der Waals surface area contributed by atoms with Crippen LogP contribution in [-0.2, 0) is 14.8 Å². The van der Waals surface area contributed by atoms with Gasteiger partial charge in [0.15, 0.2) is 0 Å². The number of nitrogens with one attached hydrogen (secondary N) is 1. The number of sulfonamides is 1. The topological polar surface area (TPSA) is 67.9 Å². The first-order valence-corrected chi connectivity index (χ1v) is 9.94. The first-order valence-electron chi connectivity index (χ1n) is 8.45. The van der Waals surface area contributed by atoms with Gasteiger partial charge in [-0.05, 0) is 26.1 Å². The summed E-state index contributed by atoms with van der Waals surface area (Å²) in [5.41, 5.74) is 0. The number of rotatable bonds is 6. The Morgan fingerprint density at radius 2 is 2.00 bits per heavy atom. The highest BCUT2D eigenvalue weighted by atomic mass is 32.2. The molecule has 2 aromatic carbocycles. The molecule has 1 aliphatic heterocycles. The van der Waals surface area contributed by atoms with Crippen LogP contribution in [0.1, 0.15) is 6.92 Å². The average molecular weight is 364 g/mol. The number of hydrogen-bond acceptors (Lipinski definition) is 5. The Bertz CT molecular complexity index is 838. The fraction of sp³-hybridized carbons (Fsp3) is 0.444. The van der Waals surface area contributed by atoms with E-state index in [1.54, 1.807) is 18.2 Å². The van der Waals surface area contributed by atoms with Crippen molar-refractivity contribution in [2.24, 2.45) is 0 Å². The molecule has 1 unspecified atom stereocenters. The predicted octanol–water partition coefficient (Wildman–Crippen LogP) is 1.85. The largest absolute Gasteiger partial charge is 0.493 e. The van der Waals surface area contributed by atoms with Crippen LogP contribution in [0.3, 0.4) is 0 Å². The van der Waals surface area contributed by atoms with Crippen LogP contribution in [-0.4, -0.2) is 59.3 Å². The van der Waals surface area contributed by atoms with Gasteiger partial charge in [0.05, 0.1) is 24.2 Å². The van der Waals surface area contributed by atoms with E-state index in [1.807, 2.05) is 32.2 Å². The Morgan fingerprint density at radius 1 is 1.24 bits per heavy atom. The summed E-state index contributed by atoms with van der Waals surface area (Å²) >= 11 is 0. The molecule has 0 spiro atoms. The van der Waals surface area contributed by atoms with Crippen molar-refractivity contribution in [3.05, 3.63) is 36.4 Å². The monoisotopic (exact) mass is 364 g/mol. The van der Waals surface area contributed by atoms with Gasteiger partial charge in [0.25, 0.3) is 0 Å². The fourth-order valence-corrected chi connectivity index (χ4v) is 4.31. The Balaban J connectivity index is 1.86. The SMILES string of the molecule is CCOc1ccc(S(=O)(=O)NCC2CN(C)CCO2)c2ccccc12. The third-order valence-corrected chi connectivity index (χ3v) is 5.76. The van der Waals surface area contributed by atoms with Crippen LogP contribution >= 0.6 is 0 Å². The minimum Gasteiger partial charge on any atom is -0.493 e. The van der Waals surface area contributed by atoms with Gasteiger partial charge in [-0.25, -0.2) is 13.1 Å². The number of fused-ring (bicyclic) bond motifs is 1. The summed E-state index contributed by atoms with van der Waals surface area (Å²) in [6.07, 6.45) is -0.137. The molecule has 1 fully saturated rings. The van der Waals surface area contributed by atoms with Crippen molar-refractivity contribution in [3.8, 4) is 5.75 Å². The van der Waals surface area contributed by atoms with Crippen LogP contribution < -0.4 is 9.46 Å². The summed E-state index contributed by atoms with van der Waals surface area (Å²) in [5, 5.41) is 1.45. The molecule has 2 aromatic rings. The lowest BCUT2D eigenvalue weighted by Crippen LogP contribution is -2.45. The van der Waals surface area contributed by atoms with Gasteiger partial charge in [0, 0.05) is 30.4 Å². The molecule has 0 aliphatic carbocycles. The molecule has 0 saturated carbocycles. The molecule has 0 amide bonds. The molecule has 136 valence electrons. The maximum absolute atomic E-state index is 12.8. The lowest BCUT2D eigenvalue weighted by atomic mass is 10.1. The quantitative estimate of drug-likeness (QED) is 0.847. The normalized spacial score (nSPS) is 19.2. The molecular weight excluding hydrogens is 340 g/mol. The van der Waals surface area contributed by atoms with Crippen LogP contribution in [0.25, 0.3) is 10.8 Å². The molecular formula is C18H24N2O4S. The van der Waals surface area contributed by atoms with E-state index in [1.165, 1.54) is 0 Å². The number of hydrogen-bond donors (Lipinski definition) is 1. The molecule has 1 aliphatic rings. The number of benzene rings is 2. The zero-order valence-electron chi connectivity index (χ0n) is 14.6. The summed E-state index contributed by atoms with van der Waals surface area (Å²) in [4.78, 5) is 2.39. The van der Waals surface area contributed by atoms with E-state index in [2.05, 4.69) is 9.62 Å². The number of nitrogens with zero attached hydrogens (tertiary/aromatic N) is 1. The number of ether oxygens (including phenoxy) is 2. The Kier molecular flexibility index (Phi) is 5.58. The molecule has 0 aromatic heterocycles. The molecule has 3 rings (SSSR count). The van der Waals surface area contributed by atoms with Crippen LogP contribution in [0.5, 0.6) is 5.75 Å². The highest BCUT2D eigenvalue weighted by Gasteiger charge is 2.23. The molecule has 6 nitrogen and oxygen atoms in total. The minimum absolute atomic E-state index is 0.137. The van der Waals surface area contributed by atoms with Crippen LogP contribution in [0.2, 0.25) is 0 Å². The number of morpholine rings is 1. The summed E-state index contributed by atoms with van der Waals surface area (Å²) in [5.74, 6) is 0.689. The molecule has 25 heavy (non-hydrogen) atoms. The van der Waals surface area contributed by atoms with E-state index in [9.17, 15) is 8.42 Å². The van der Waals surface area contributed by atoms with Crippen molar-refractivity contribution in [2.45, 2.75) is 17.9 Å². The van der Waals surface area contributed by atoms with Crippen molar-refractivity contribution < 1.29 is 17.9 Å². The van der Waals surface area contributed by atoms with Crippen LogP contribution in [0.15, 0.2) is 41.3 Å². The summed E-state index contributed by atoms with van der Waals surface area (Å²) in [6.45, 7) is 4.89. The predicted molar refractivity (Wildman–Crippen MR) is 97.5 cm³/mol. The minimum atomic E-state index is -3.64. The maximum Gasteiger partial charge on any atom is 0.241 e. The first kappa shape index (κ1) is 18.1. The zero-order chi connectivity index (χ0) is 17.9. The van der Waals surface area contributed by atoms with Gasteiger partial charge in [0.1, 0.15) is 5.75 Å². The summed E-state index contributed by atoms with van der Waals surface area (Å²) in [7, 11) is -1.64. The van der Waals surface area contributed by atoms with Crippen molar-refractivity contribution >= 4 is 20.8 Å². The van der Waals surface area contributed by atoms with E-state index in [0.717, 1.165) is 11.9 Å². The Morgan fingerprint density at radius 3 is 2.72 bits per heavy atom. The second-order valence-electron chi connectivity index (χ2n) is 6.15. The zero-order valence-corrected chi connectivity index (χ0v) is 15.4. The van der Waals surface area contributed by atoms with Gasteiger partial charge in [-0.15, -0.1) is 0 Å². The van der Waals surface area contributed by atoms with Crippen molar-refractivity contribution in [2.75, 3.05) is 39.9 Å². The van der Waals surface area contributed by atoms with Crippen LogP contribution in [0.4, 0.5) is 0 Å². The molecule has 1 heterocycles. The van der Waals surface area contributed by atoms with Gasteiger partial charge in [0.2, 0.25) is 10.0 Å². The van der Waals surface area contributed by atoms with Gasteiger partial charge >= 0.3 is 0 Å². The summed E-state index contributed by atoms with van der Waals surface area (Å²) < 4.78 is 39.6. The van der Waals surface area contributed by atoms with Crippen molar-refractivity contribution in [1.29, 1.82) is 0 Å². The van der Waals surface area contributed by atoms with E-state index in [0.29, 0.717) is 30.9 Å². The standard InChI is InChI=1S/C18H24N2O4S/c1-3-23-17-8-9-18(16-7-5-4-6-15(16)17)25(21,22)19-12-14-13-20(2)10-11-24-14/h4-9,14,19H,3,10-13H2,1-2H3. The van der Waals surface area contributed by atoms with E-state index in [4.69, 9.17) is 9.47 Å². The second kappa shape index (κ2) is 7.70. The number of likely N-dealkylation sites (N-methyl/N-ethyl adjacent to an activating group) is 1. The molecule has 7 heteroatoms. The van der Waals surface area contributed by atoms with Crippen LogP contribution in [0, 0.1) is 0 Å². The smallest absolute Gasteiger partial charge is 0.241 e. The Labute approximate surface area is 148 Å². The van der Waals surface area contributed by atoms with Gasteiger partial charge in [-0.3, -0.25) is 0 Å². The molecule has 1 atom stereocenters. The molecule has 1 N–H and O–H groups in total. The fourth-order valence-electron chi connectivity index (χ4n) is 3.03. The van der Waals surface area contributed by atoms with E-state index < -0.39 is 10.0 Å². The Hall–Kier alpha value is -1.67. The first-order chi connectivity index (χ1) is 12.0. The lowest BCUT2D eigenvalue weighted by Gasteiger charge is -2.30. The maximum atomic E-state index is 12.8.